The van der Waals surface area contributed by atoms with Crippen molar-refractivity contribution in [2.24, 2.45) is 0 Å². The van der Waals surface area contributed by atoms with E-state index in [-0.39, 0.29) is 37.5 Å². The number of nitrogens with one attached hydrogen (secondary N) is 2. The van der Waals surface area contributed by atoms with Crippen molar-refractivity contribution in [1.29, 1.82) is 0 Å². The minimum absolute atomic E-state index is 0.0405. The number of carbonyl (C=O) groups is 2. The van der Waals surface area contributed by atoms with E-state index < -0.39 is 30.8 Å². The van der Waals surface area contributed by atoms with Crippen molar-refractivity contribution < 1.29 is 31.5 Å². The van der Waals surface area contributed by atoms with Crippen LogP contribution in [0.15, 0.2) is 42.9 Å². The predicted molar refractivity (Wildman–Crippen MR) is 137 cm³/mol. The maximum Gasteiger partial charge on any atom is 0.389 e. The zero-order valence-electron chi connectivity index (χ0n) is 22.0. The van der Waals surface area contributed by atoms with Crippen LogP contribution in [-0.4, -0.2) is 43.5 Å². The molecule has 0 aliphatic heterocycles. The lowest BCUT2D eigenvalue weighted by molar-refractivity contribution is -0.144. The summed E-state index contributed by atoms with van der Waals surface area (Å²) < 4.78 is 62.3. The van der Waals surface area contributed by atoms with Gasteiger partial charge in [0.15, 0.2) is 5.65 Å². The quantitative estimate of drug-likeness (QED) is 0.353. The highest BCUT2D eigenvalue weighted by Crippen LogP contribution is 2.32. The summed E-state index contributed by atoms with van der Waals surface area (Å²) in [7, 11) is 0. The fourth-order valence-electron chi connectivity index (χ4n) is 3.52. The number of rotatable bonds is 7. The average Bonchev–Trinajstić information content (AvgIpc) is 3.75. The second kappa shape index (κ2) is 14.7. The number of carbonyl (C=O) groups excluding carboxylic acids is 2. The topological polar surface area (TPSA) is 101 Å². The summed E-state index contributed by atoms with van der Waals surface area (Å²) in [5.41, 5.74) is 1.92. The van der Waals surface area contributed by atoms with Gasteiger partial charge in [-0.25, -0.2) is 18.3 Å². The Labute approximate surface area is 228 Å². The van der Waals surface area contributed by atoms with E-state index in [9.17, 15) is 31.5 Å². The molecule has 0 bridgehead atoms. The molecule has 2 aliphatic rings. The van der Waals surface area contributed by atoms with Crippen LogP contribution in [0.1, 0.15) is 86.0 Å². The number of hydrogen-bond acceptors (Lipinski definition) is 5. The first-order valence-corrected chi connectivity index (χ1v) is 13.2. The van der Waals surface area contributed by atoms with Crippen LogP contribution in [0.5, 0.6) is 0 Å². The van der Waals surface area contributed by atoms with Crippen LogP contribution >= 0.6 is 0 Å². The Morgan fingerprint density at radius 1 is 0.975 bits per heavy atom. The third-order valence-electron chi connectivity index (χ3n) is 5.82. The van der Waals surface area contributed by atoms with E-state index in [0.29, 0.717) is 29.7 Å². The highest BCUT2D eigenvalue weighted by molar-refractivity contribution is 5.92. The summed E-state index contributed by atoms with van der Waals surface area (Å²) in [5, 5.41) is 9.27. The first-order chi connectivity index (χ1) is 19.0. The number of halogens is 5. The highest BCUT2D eigenvalue weighted by atomic mass is 19.4. The van der Waals surface area contributed by atoms with Gasteiger partial charge in [0.1, 0.15) is 5.69 Å². The fraction of sp³-hybridized carbons (Fsp3) is 0.519. The summed E-state index contributed by atoms with van der Waals surface area (Å²) in [5.74, 6) is -3.35. The third kappa shape index (κ3) is 12.0. The summed E-state index contributed by atoms with van der Waals surface area (Å²) in [4.78, 5) is 31.8. The van der Waals surface area contributed by atoms with Gasteiger partial charge in [-0.05, 0) is 36.6 Å². The van der Waals surface area contributed by atoms with Crippen LogP contribution in [0, 0.1) is 0 Å². The monoisotopic (exact) mass is 568 g/mol. The molecule has 5 rings (SSSR count). The lowest BCUT2D eigenvalue weighted by Crippen LogP contribution is -2.24. The summed E-state index contributed by atoms with van der Waals surface area (Å²) in [6.45, 7) is 0.209. The van der Waals surface area contributed by atoms with E-state index in [1.165, 1.54) is 36.2 Å². The normalized spacial score (nSPS) is 15.6. The number of alkyl halides is 5. The second-order valence-electron chi connectivity index (χ2n) is 9.67. The number of hydrogen-bond donors (Lipinski definition) is 2. The van der Waals surface area contributed by atoms with Crippen LogP contribution in [0.4, 0.5) is 22.0 Å². The van der Waals surface area contributed by atoms with Crippen LogP contribution in [0.2, 0.25) is 0 Å². The molecule has 0 spiro atoms. The lowest BCUT2D eigenvalue weighted by atomic mass is 9.97. The van der Waals surface area contributed by atoms with Crippen molar-refractivity contribution in [3.63, 3.8) is 0 Å². The molecule has 0 aromatic carbocycles. The molecule has 3 aromatic heterocycles. The molecule has 2 amide bonds. The van der Waals surface area contributed by atoms with Gasteiger partial charge in [-0.2, -0.15) is 18.3 Å². The first kappa shape index (κ1) is 30.9. The molecule has 8 nitrogen and oxygen atoms in total. The van der Waals surface area contributed by atoms with E-state index in [2.05, 4.69) is 25.7 Å². The van der Waals surface area contributed by atoms with Crippen molar-refractivity contribution >= 4 is 17.5 Å². The van der Waals surface area contributed by atoms with E-state index >= 15 is 0 Å². The van der Waals surface area contributed by atoms with Gasteiger partial charge in [-0.3, -0.25) is 14.6 Å². The Hall–Kier alpha value is -3.64. The lowest BCUT2D eigenvalue weighted by Gasteiger charge is -2.20. The van der Waals surface area contributed by atoms with Crippen LogP contribution < -0.4 is 10.6 Å². The molecule has 0 unspecified atom stereocenters. The van der Waals surface area contributed by atoms with Crippen LogP contribution in [-0.2, 0) is 17.9 Å². The second-order valence-corrected chi connectivity index (χ2v) is 9.67. The van der Waals surface area contributed by atoms with Crippen molar-refractivity contribution in [2.45, 2.75) is 89.4 Å². The van der Waals surface area contributed by atoms with Gasteiger partial charge in [-0.15, -0.1) is 0 Å². The van der Waals surface area contributed by atoms with E-state index in [0.717, 1.165) is 6.42 Å². The molecular weight excluding hydrogens is 535 g/mol. The molecule has 0 saturated heterocycles. The van der Waals surface area contributed by atoms with Crippen molar-refractivity contribution in [3.05, 3.63) is 59.8 Å². The first-order valence-electron chi connectivity index (χ1n) is 13.2. The van der Waals surface area contributed by atoms with Crippen molar-refractivity contribution in [1.82, 2.24) is 30.2 Å². The standard InChI is InChI=1S/C18H17F3N6O2.C6H10F2.C3H6/c19-18(20,21)5-4-16(28)23-8-12-7-15-26-13(11-27(15)25-9-12)10-24-17(29)14-3-1-2-6-22-14;7-6(8)4-2-1-3-5-6;1-2-3-1/h1-3,6-7,9,11H,4-5,8,10H2,(H,23,28)(H,24,29);1-5H2;1-3H2. The van der Waals surface area contributed by atoms with E-state index in [4.69, 9.17) is 0 Å². The van der Waals surface area contributed by atoms with Crippen molar-refractivity contribution in [3.8, 4) is 0 Å². The zero-order chi connectivity index (χ0) is 29.0. The smallest absolute Gasteiger partial charge is 0.352 e. The molecule has 3 heterocycles. The SMILES string of the molecule is C1CC1.FC1(F)CCCCC1.O=C(CCC(F)(F)F)NCc1cnn2cc(CNC(=O)c3ccccn3)nc2c1. The molecule has 3 aromatic rings. The number of fused-ring (bicyclic) bond motifs is 1. The van der Waals surface area contributed by atoms with Gasteiger partial charge in [0, 0.05) is 32.0 Å². The molecule has 0 radical (unpaired) electrons. The van der Waals surface area contributed by atoms with Crippen LogP contribution in [0.3, 0.4) is 0 Å². The number of amides is 2. The summed E-state index contributed by atoms with van der Waals surface area (Å²) in [6, 6.07) is 6.66. The third-order valence-corrected chi connectivity index (χ3v) is 5.82. The number of pyridine rings is 1. The minimum atomic E-state index is -4.37. The molecule has 2 N–H and O–H groups in total. The molecular formula is C27H33F5N6O2. The van der Waals surface area contributed by atoms with E-state index in [1.807, 2.05) is 0 Å². The summed E-state index contributed by atoms with van der Waals surface area (Å²) in [6.07, 6.45) is 5.65. The van der Waals surface area contributed by atoms with Crippen LogP contribution in [0.25, 0.3) is 5.65 Å². The molecule has 13 heteroatoms. The Morgan fingerprint density at radius 3 is 2.25 bits per heavy atom. The number of nitrogens with zero attached hydrogens (tertiary/aromatic N) is 4. The zero-order valence-corrected chi connectivity index (χ0v) is 22.0. The predicted octanol–water partition coefficient (Wildman–Crippen LogP) is 5.77. The van der Waals surface area contributed by atoms with Gasteiger partial charge < -0.3 is 10.6 Å². The van der Waals surface area contributed by atoms with Gasteiger partial charge in [0.2, 0.25) is 11.8 Å². The Kier molecular flexibility index (Phi) is 11.3. The van der Waals surface area contributed by atoms with Gasteiger partial charge >= 0.3 is 6.18 Å². The average molecular weight is 569 g/mol. The molecule has 2 saturated carbocycles. The molecule has 0 atom stereocenters. The molecule has 2 aliphatic carbocycles. The fourth-order valence-corrected chi connectivity index (χ4v) is 3.52. The Bertz CT molecular complexity index is 1220. The van der Waals surface area contributed by atoms with Crippen molar-refractivity contribution in [2.75, 3.05) is 0 Å². The molecule has 218 valence electrons. The van der Waals surface area contributed by atoms with Gasteiger partial charge in [0.05, 0.1) is 31.1 Å². The summed E-state index contributed by atoms with van der Waals surface area (Å²) >= 11 is 0. The Morgan fingerprint density at radius 2 is 1.68 bits per heavy atom. The largest absolute Gasteiger partial charge is 0.389 e. The maximum absolute atomic E-state index is 12.2. The van der Waals surface area contributed by atoms with Gasteiger partial charge in [-0.1, -0.05) is 31.7 Å². The molecule has 2 fully saturated rings. The van der Waals surface area contributed by atoms with E-state index in [1.54, 1.807) is 30.5 Å². The Balaban J connectivity index is 0.000000331. The minimum Gasteiger partial charge on any atom is -0.352 e. The highest BCUT2D eigenvalue weighted by Gasteiger charge is 2.30. The molecule has 40 heavy (non-hydrogen) atoms. The number of imidazole rings is 1. The maximum atomic E-state index is 12.2. The number of aromatic nitrogens is 4. The van der Waals surface area contributed by atoms with Gasteiger partial charge in [0.25, 0.3) is 5.91 Å².